The van der Waals surface area contributed by atoms with Gasteiger partial charge in [0.25, 0.3) is 0 Å². The van der Waals surface area contributed by atoms with Gasteiger partial charge in [-0.15, -0.1) is 0 Å². The van der Waals surface area contributed by atoms with E-state index in [1.54, 1.807) is 41.0 Å². The van der Waals surface area contributed by atoms with Crippen LogP contribution in [0.4, 0.5) is 11.6 Å². The minimum atomic E-state index is -3.67. The van der Waals surface area contributed by atoms with Crippen molar-refractivity contribution in [2.75, 3.05) is 37.5 Å². The average Bonchev–Trinajstić information content (AvgIpc) is 3.15. The SMILES string of the molecule is CCOc1cccc(-c2nc3nc(N)c(NS(C)(=O)=O)nc3n2-c2c(OC)cccc2OC)n1.[HH]. The largest absolute Gasteiger partial charge is 0.494 e. The average molecular weight is 488 g/mol. The molecule has 0 unspecified atom stereocenters. The molecule has 3 aromatic heterocycles. The maximum absolute atomic E-state index is 11.8. The van der Waals surface area contributed by atoms with Crippen LogP contribution in [0.15, 0.2) is 36.4 Å². The number of nitrogen functional groups attached to an aromatic ring is 1. The molecule has 34 heavy (non-hydrogen) atoms. The van der Waals surface area contributed by atoms with E-state index in [-0.39, 0.29) is 24.4 Å². The number of para-hydroxylation sites is 1. The Hall–Kier alpha value is -4.13. The van der Waals surface area contributed by atoms with Crippen molar-refractivity contribution < 1.29 is 24.1 Å². The highest BCUT2D eigenvalue weighted by molar-refractivity contribution is 7.92. The Kier molecular flexibility index (Phi) is 6.11. The van der Waals surface area contributed by atoms with Crippen LogP contribution in [0.1, 0.15) is 8.35 Å². The number of ether oxygens (including phenoxy) is 3. The highest BCUT2D eigenvalue weighted by Gasteiger charge is 2.25. The van der Waals surface area contributed by atoms with Crippen molar-refractivity contribution in [1.29, 1.82) is 0 Å². The Balaban J connectivity index is 0.00000342. The summed E-state index contributed by atoms with van der Waals surface area (Å²) in [6, 6.07) is 10.5. The van der Waals surface area contributed by atoms with Gasteiger partial charge in [-0.25, -0.2) is 28.4 Å². The van der Waals surface area contributed by atoms with Crippen LogP contribution in [0, 0.1) is 0 Å². The van der Waals surface area contributed by atoms with Crippen molar-refractivity contribution in [3.05, 3.63) is 36.4 Å². The molecule has 0 saturated heterocycles. The summed E-state index contributed by atoms with van der Waals surface area (Å²) in [5, 5.41) is 0. The first-order valence-corrected chi connectivity index (χ1v) is 12.0. The zero-order valence-corrected chi connectivity index (χ0v) is 19.8. The molecule has 0 saturated carbocycles. The van der Waals surface area contributed by atoms with Gasteiger partial charge < -0.3 is 19.9 Å². The molecule has 3 heterocycles. The second kappa shape index (κ2) is 9.02. The van der Waals surface area contributed by atoms with Crippen molar-refractivity contribution in [2.24, 2.45) is 0 Å². The van der Waals surface area contributed by atoms with Gasteiger partial charge in [0.2, 0.25) is 21.6 Å². The minimum Gasteiger partial charge on any atom is -0.494 e. The van der Waals surface area contributed by atoms with Gasteiger partial charge in [0.1, 0.15) is 22.9 Å². The number of hydrogen-bond donors (Lipinski definition) is 2. The second-order valence-corrected chi connectivity index (χ2v) is 8.80. The van der Waals surface area contributed by atoms with E-state index >= 15 is 0 Å². The molecule has 1 aromatic carbocycles. The number of sulfonamides is 1. The van der Waals surface area contributed by atoms with E-state index in [9.17, 15) is 8.42 Å². The predicted octanol–water partition coefficient (Wildman–Crippen LogP) is 2.49. The van der Waals surface area contributed by atoms with Gasteiger partial charge in [-0.3, -0.25) is 9.29 Å². The summed E-state index contributed by atoms with van der Waals surface area (Å²) in [6.07, 6.45) is 0.993. The third-order valence-electron chi connectivity index (χ3n) is 4.67. The third-order valence-corrected chi connectivity index (χ3v) is 5.24. The fraction of sp³-hybridized carbons (Fsp3) is 0.238. The molecule has 0 fully saturated rings. The number of rotatable bonds is 8. The number of nitrogens with one attached hydrogen (secondary N) is 1. The van der Waals surface area contributed by atoms with Gasteiger partial charge in [-0.05, 0) is 25.1 Å². The topological polar surface area (TPSA) is 156 Å². The lowest BCUT2D eigenvalue weighted by atomic mass is 10.2. The molecule has 0 radical (unpaired) electrons. The molecule has 4 aromatic rings. The van der Waals surface area contributed by atoms with E-state index in [0.717, 1.165) is 6.26 Å². The van der Waals surface area contributed by atoms with Crippen LogP contribution in [0.2, 0.25) is 0 Å². The molecule has 0 spiro atoms. The van der Waals surface area contributed by atoms with Crippen molar-refractivity contribution in [3.8, 4) is 34.6 Å². The van der Waals surface area contributed by atoms with E-state index in [0.29, 0.717) is 41.2 Å². The molecule has 180 valence electrons. The Morgan fingerprint density at radius 1 is 1.03 bits per heavy atom. The van der Waals surface area contributed by atoms with E-state index in [1.165, 1.54) is 14.2 Å². The molecule has 12 nitrogen and oxygen atoms in total. The Bertz CT molecular complexity index is 1450. The summed E-state index contributed by atoms with van der Waals surface area (Å²) in [6.45, 7) is 2.30. The maximum atomic E-state index is 11.8. The first-order chi connectivity index (χ1) is 16.3. The Morgan fingerprint density at radius 2 is 1.71 bits per heavy atom. The highest BCUT2D eigenvalue weighted by Crippen LogP contribution is 2.38. The van der Waals surface area contributed by atoms with Crippen LogP contribution in [0.5, 0.6) is 17.4 Å². The van der Waals surface area contributed by atoms with E-state index in [4.69, 9.17) is 19.9 Å². The number of nitrogens with zero attached hydrogens (tertiary/aromatic N) is 5. The summed E-state index contributed by atoms with van der Waals surface area (Å²) in [4.78, 5) is 17.9. The number of aromatic nitrogens is 5. The van der Waals surface area contributed by atoms with Crippen LogP contribution in [0.3, 0.4) is 0 Å². The van der Waals surface area contributed by atoms with Gasteiger partial charge in [-0.2, -0.15) is 0 Å². The molecule has 4 rings (SSSR count). The van der Waals surface area contributed by atoms with Crippen molar-refractivity contribution in [1.82, 2.24) is 24.5 Å². The summed E-state index contributed by atoms with van der Waals surface area (Å²) in [7, 11) is -0.631. The normalized spacial score (nSPS) is 11.4. The lowest BCUT2D eigenvalue weighted by molar-refractivity contribution is 0.327. The van der Waals surface area contributed by atoms with Crippen molar-refractivity contribution in [2.45, 2.75) is 6.92 Å². The predicted molar refractivity (Wildman–Crippen MR) is 129 cm³/mol. The molecule has 0 atom stereocenters. The Morgan fingerprint density at radius 3 is 2.32 bits per heavy atom. The van der Waals surface area contributed by atoms with E-state index in [1.807, 2.05) is 6.92 Å². The van der Waals surface area contributed by atoms with Crippen molar-refractivity contribution >= 4 is 33.0 Å². The number of anilines is 2. The molecule has 3 N–H and O–H groups in total. The number of fused-ring (bicyclic) bond motifs is 1. The molecule has 13 heteroatoms. The van der Waals surface area contributed by atoms with Gasteiger partial charge in [0.15, 0.2) is 23.1 Å². The fourth-order valence-electron chi connectivity index (χ4n) is 3.36. The van der Waals surface area contributed by atoms with Crippen LogP contribution < -0.4 is 24.7 Å². The molecular weight excluding hydrogens is 462 g/mol. The van der Waals surface area contributed by atoms with Crippen LogP contribution in [-0.4, -0.2) is 60.0 Å². The number of pyridine rings is 1. The standard InChI is InChI=1S/C21H23N7O5S.H2/c1-5-33-15-11-6-8-12(23-15)20-26-19-21(25-18(17(22)24-19)27-34(4,29)30)28(20)16-13(31-2)9-7-10-14(16)32-3;/h6-11H,5H2,1-4H3,(H2,22,24)(H,25,27);1H. The summed E-state index contributed by atoms with van der Waals surface area (Å²) < 4.78 is 44.3. The molecule has 0 aliphatic rings. The fourth-order valence-corrected chi connectivity index (χ4v) is 3.86. The van der Waals surface area contributed by atoms with Gasteiger partial charge in [-0.1, -0.05) is 12.1 Å². The smallest absolute Gasteiger partial charge is 0.231 e. The minimum absolute atomic E-state index is 0. The van der Waals surface area contributed by atoms with Crippen molar-refractivity contribution in [3.63, 3.8) is 0 Å². The Labute approximate surface area is 197 Å². The lowest BCUT2D eigenvalue weighted by Gasteiger charge is -2.16. The number of methoxy groups -OCH3 is 2. The number of imidazole rings is 1. The summed E-state index contributed by atoms with van der Waals surface area (Å²) in [5.41, 5.74) is 7.28. The number of nitrogens with two attached hydrogens (primary N) is 1. The highest BCUT2D eigenvalue weighted by atomic mass is 32.2. The van der Waals surface area contributed by atoms with Crippen LogP contribution in [0.25, 0.3) is 28.5 Å². The van der Waals surface area contributed by atoms with E-state index < -0.39 is 10.0 Å². The maximum Gasteiger partial charge on any atom is 0.231 e. The van der Waals surface area contributed by atoms with Crippen LogP contribution >= 0.6 is 0 Å². The quantitative estimate of drug-likeness (QED) is 0.378. The number of hydrogen-bond acceptors (Lipinski definition) is 10. The zero-order chi connectivity index (χ0) is 24.5. The van der Waals surface area contributed by atoms with Gasteiger partial charge in [0, 0.05) is 7.49 Å². The van der Waals surface area contributed by atoms with Gasteiger partial charge >= 0.3 is 0 Å². The van der Waals surface area contributed by atoms with Gasteiger partial charge in [0.05, 0.1) is 27.1 Å². The molecule has 0 bridgehead atoms. The molecular formula is C21H25N7O5S. The second-order valence-electron chi connectivity index (χ2n) is 7.05. The summed E-state index contributed by atoms with van der Waals surface area (Å²) >= 11 is 0. The zero-order valence-electron chi connectivity index (χ0n) is 18.9. The molecule has 0 aliphatic carbocycles. The van der Waals surface area contributed by atoms with Crippen LogP contribution in [-0.2, 0) is 10.0 Å². The lowest BCUT2D eigenvalue weighted by Crippen LogP contribution is -2.14. The number of benzene rings is 1. The third kappa shape index (κ3) is 4.37. The van der Waals surface area contributed by atoms with E-state index in [2.05, 4.69) is 24.7 Å². The first kappa shape index (κ1) is 23.0. The summed E-state index contributed by atoms with van der Waals surface area (Å²) in [5.74, 6) is 1.40. The monoisotopic (exact) mass is 487 g/mol. The molecule has 0 aliphatic heterocycles. The first-order valence-electron chi connectivity index (χ1n) is 10.1. The molecule has 0 amide bonds.